The van der Waals surface area contributed by atoms with Gasteiger partial charge in [0.2, 0.25) is 5.95 Å². The molecule has 1 aliphatic carbocycles. The van der Waals surface area contributed by atoms with Crippen molar-refractivity contribution in [2.45, 2.75) is 89.6 Å². The standard InChI is InChI=1S/C23H36N6/c1-3-7-16(2)27-23-26-15-20-21(29-23)19(17-8-5-4-6-9-17)14-25-22(20)28-18-10-12-24-13-11-18/h14-18,24H,3-13H2,1-2H3,(H,25,28)(H,26,27,29). The Kier molecular flexibility index (Phi) is 6.80. The summed E-state index contributed by atoms with van der Waals surface area (Å²) in [6.45, 7) is 6.55. The first kappa shape index (κ1) is 20.3. The molecule has 1 saturated carbocycles. The first-order valence-electron chi connectivity index (χ1n) is 11.6. The van der Waals surface area contributed by atoms with Gasteiger partial charge in [0.15, 0.2) is 0 Å². The lowest BCUT2D eigenvalue weighted by atomic mass is 9.84. The van der Waals surface area contributed by atoms with E-state index in [1.165, 1.54) is 37.7 Å². The molecule has 29 heavy (non-hydrogen) atoms. The normalized spacial score (nSPS) is 19.9. The van der Waals surface area contributed by atoms with E-state index in [4.69, 9.17) is 9.97 Å². The Balaban J connectivity index is 1.67. The SMILES string of the molecule is CCCC(C)Nc1ncc2c(NC3CCNCC3)ncc(C3CCCCC3)c2n1. The summed E-state index contributed by atoms with van der Waals surface area (Å²) in [4.78, 5) is 14.5. The van der Waals surface area contributed by atoms with Crippen LogP contribution in [0.5, 0.6) is 0 Å². The highest BCUT2D eigenvalue weighted by Crippen LogP contribution is 2.37. The minimum atomic E-state index is 0.379. The molecular formula is C23H36N6. The van der Waals surface area contributed by atoms with Gasteiger partial charge >= 0.3 is 0 Å². The summed E-state index contributed by atoms with van der Waals surface area (Å²) in [5.74, 6) is 2.26. The summed E-state index contributed by atoms with van der Waals surface area (Å²) in [5.41, 5.74) is 2.40. The van der Waals surface area contributed by atoms with Crippen LogP contribution in [0.2, 0.25) is 0 Å². The number of nitrogens with one attached hydrogen (secondary N) is 3. The van der Waals surface area contributed by atoms with Crippen LogP contribution in [0, 0.1) is 0 Å². The summed E-state index contributed by atoms with van der Waals surface area (Å²) >= 11 is 0. The lowest BCUT2D eigenvalue weighted by molar-refractivity contribution is 0.444. The van der Waals surface area contributed by atoms with E-state index in [1.54, 1.807) is 0 Å². The van der Waals surface area contributed by atoms with Crippen molar-refractivity contribution in [2.75, 3.05) is 23.7 Å². The molecular weight excluding hydrogens is 360 g/mol. The number of fused-ring (bicyclic) bond motifs is 1. The van der Waals surface area contributed by atoms with E-state index in [0.717, 1.165) is 61.4 Å². The van der Waals surface area contributed by atoms with Gasteiger partial charge in [-0.2, -0.15) is 0 Å². The smallest absolute Gasteiger partial charge is 0.223 e. The van der Waals surface area contributed by atoms with Crippen molar-refractivity contribution in [3.8, 4) is 0 Å². The van der Waals surface area contributed by atoms with Gasteiger partial charge < -0.3 is 16.0 Å². The van der Waals surface area contributed by atoms with Gasteiger partial charge in [0.05, 0.1) is 10.9 Å². The highest BCUT2D eigenvalue weighted by molar-refractivity contribution is 5.91. The Labute approximate surface area is 174 Å². The first-order valence-corrected chi connectivity index (χ1v) is 11.6. The lowest BCUT2D eigenvalue weighted by Gasteiger charge is -2.26. The zero-order valence-corrected chi connectivity index (χ0v) is 18.0. The van der Waals surface area contributed by atoms with Crippen molar-refractivity contribution >= 4 is 22.7 Å². The molecule has 1 atom stereocenters. The van der Waals surface area contributed by atoms with Crippen LogP contribution in [0.15, 0.2) is 12.4 Å². The topological polar surface area (TPSA) is 74.8 Å². The Morgan fingerprint density at radius 2 is 1.86 bits per heavy atom. The summed E-state index contributed by atoms with van der Waals surface area (Å²) in [6.07, 6.45) is 15.1. The third-order valence-electron chi connectivity index (χ3n) is 6.47. The minimum Gasteiger partial charge on any atom is -0.367 e. The molecule has 3 N–H and O–H groups in total. The fourth-order valence-electron chi connectivity index (χ4n) is 4.82. The molecule has 2 fully saturated rings. The number of piperidine rings is 1. The molecule has 6 nitrogen and oxygen atoms in total. The van der Waals surface area contributed by atoms with Gasteiger partial charge in [-0.1, -0.05) is 32.6 Å². The molecule has 1 unspecified atom stereocenters. The summed E-state index contributed by atoms with van der Waals surface area (Å²) in [6, 6.07) is 0.847. The maximum Gasteiger partial charge on any atom is 0.223 e. The van der Waals surface area contributed by atoms with Gasteiger partial charge in [0.25, 0.3) is 0 Å². The zero-order chi connectivity index (χ0) is 20.1. The Hall–Kier alpha value is -1.95. The van der Waals surface area contributed by atoms with Gasteiger partial charge in [-0.3, -0.25) is 0 Å². The Morgan fingerprint density at radius 1 is 1.07 bits per heavy atom. The molecule has 1 aliphatic heterocycles. The molecule has 158 valence electrons. The molecule has 2 aromatic rings. The molecule has 0 aromatic carbocycles. The number of nitrogens with zero attached hydrogens (tertiary/aromatic N) is 3. The summed E-state index contributed by atoms with van der Waals surface area (Å²) in [7, 11) is 0. The molecule has 0 bridgehead atoms. The number of anilines is 2. The lowest BCUT2D eigenvalue weighted by Crippen LogP contribution is -2.35. The van der Waals surface area contributed by atoms with Crippen molar-refractivity contribution in [1.82, 2.24) is 20.3 Å². The molecule has 0 amide bonds. The van der Waals surface area contributed by atoms with E-state index in [9.17, 15) is 0 Å². The van der Waals surface area contributed by atoms with E-state index < -0.39 is 0 Å². The van der Waals surface area contributed by atoms with E-state index in [-0.39, 0.29) is 0 Å². The van der Waals surface area contributed by atoms with Crippen LogP contribution < -0.4 is 16.0 Å². The van der Waals surface area contributed by atoms with Gasteiger partial charge in [-0.25, -0.2) is 15.0 Å². The predicted octanol–water partition coefficient (Wildman–Crippen LogP) is 4.84. The second-order valence-corrected chi connectivity index (χ2v) is 8.86. The minimum absolute atomic E-state index is 0.379. The van der Waals surface area contributed by atoms with Crippen molar-refractivity contribution in [2.24, 2.45) is 0 Å². The number of rotatable bonds is 7. The quantitative estimate of drug-likeness (QED) is 0.622. The fourth-order valence-corrected chi connectivity index (χ4v) is 4.82. The van der Waals surface area contributed by atoms with Crippen molar-refractivity contribution in [3.05, 3.63) is 18.0 Å². The van der Waals surface area contributed by atoms with E-state index in [1.807, 2.05) is 6.20 Å². The zero-order valence-electron chi connectivity index (χ0n) is 18.0. The monoisotopic (exact) mass is 396 g/mol. The number of pyridine rings is 1. The molecule has 2 aromatic heterocycles. The fraction of sp³-hybridized carbons (Fsp3) is 0.696. The van der Waals surface area contributed by atoms with Crippen LogP contribution in [0.1, 0.15) is 83.1 Å². The molecule has 3 heterocycles. The predicted molar refractivity (Wildman–Crippen MR) is 121 cm³/mol. The van der Waals surface area contributed by atoms with E-state index >= 15 is 0 Å². The molecule has 0 radical (unpaired) electrons. The number of aromatic nitrogens is 3. The van der Waals surface area contributed by atoms with E-state index in [0.29, 0.717) is 18.0 Å². The van der Waals surface area contributed by atoms with Crippen LogP contribution in [-0.2, 0) is 0 Å². The van der Waals surface area contributed by atoms with Crippen molar-refractivity contribution < 1.29 is 0 Å². The average Bonchev–Trinajstić information content (AvgIpc) is 2.75. The summed E-state index contributed by atoms with van der Waals surface area (Å²) < 4.78 is 0. The maximum absolute atomic E-state index is 5.01. The van der Waals surface area contributed by atoms with E-state index in [2.05, 4.69) is 41.0 Å². The number of hydrogen-bond donors (Lipinski definition) is 3. The Morgan fingerprint density at radius 3 is 2.62 bits per heavy atom. The van der Waals surface area contributed by atoms with Crippen LogP contribution in [0.25, 0.3) is 10.9 Å². The highest BCUT2D eigenvalue weighted by Gasteiger charge is 2.22. The van der Waals surface area contributed by atoms with Gasteiger partial charge in [-0.05, 0) is 58.0 Å². The summed E-state index contributed by atoms with van der Waals surface area (Å²) in [5, 5.41) is 11.7. The second kappa shape index (κ2) is 9.70. The van der Waals surface area contributed by atoms with Crippen molar-refractivity contribution in [3.63, 3.8) is 0 Å². The number of hydrogen-bond acceptors (Lipinski definition) is 6. The van der Waals surface area contributed by atoms with Crippen LogP contribution in [0.3, 0.4) is 0 Å². The maximum atomic E-state index is 5.01. The van der Waals surface area contributed by atoms with Gasteiger partial charge in [0.1, 0.15) is 5.82 Å². The average molecular weight is 397 g/mol. The highest BCUT2D eigenvalue weighted by atomic mass is 15.1. The van der Waals surface area contributed by atoms with Crippen LogP contribution in [-0.4, -0.2) is 40.1 Å². The van der Waals surface area contributed by atoms with Crippen molar-refractivity contribution in [1.29, 1.82) is 0 Å². The molecule has 2 aliphatic rings. The third kappa shape index (κ3) is 4.97. The molecule has 4 rings (SSSR count). The van der Waals surface area contributed by atoms with Crippen LogP contribution >= 0.6 is 0 Å². The van der Waals surface area contributed by atoms with Gasteiger partial charge in [0, 0.05) is 30.0 Å². The second-order valence-electron chi connectivity index (χ2n) is 8.86. The Bertz CT molecular complexity index is 795. The molecule has 0 spiro atoms. The first-order chi connectivity index (χ1) is 14.2. The van der Waals surface area contributed by atoms with Gasteiger partial charge in [-0.15, -0.1) is 0 Å². The largest absolute Gasteiger partial charge is 0.367 e. The third-order valence-corrected chi connectivity index (χ3v) is 6.47. The van der Waals surface area contributed by atoms with Crippen LogP contribution in [0.4, 0.5) is 11.8 Å². The molecule has 1 saturated heterocycles. The molecule has 6 heteroatoms.